The largest absolute Gasteiger partial charge is 0.299 e. The zero-order valence-corrected chi connectivity index (χ0v) is 10.7. The average Bonchev–Trinajstić information content (AvgIpc) is 2.26. The summed E-state index contributed by atoms with van der Waals surface area (Å²) in [5.41, 5.74) is 1.67. The Labute approximate surface area is 98.3 Å². The third kappa shape index (κ3) is 1.00. The molecular weight excluding hydrogens is 196 g/mol. The Hall–Kier alpha value is -0.590. The predicted molar refractivity (Wildman–Crippen MR) is 65.0 cm³/mol. The Morgan fingerprint density at radius 1 is 1.38 bits per heavy atom. The number of hydrogen-bond acceptors (Lipinski definition) is 1. The molecule has 1 heteroatoms. The van der Waals surface area contributed by atoms with Crippen molar-refractivity contribution in [3.05, 3.63) is 11.6 Å². The first kappa shape index (κ1) is 10.6. The standard InChI is InChI=1S/C15H22O/c1-10-8-15-7-6-12(10)9-14(15,3)11(2)4-5-13(15)16/h8,11-12H,4-7,9H2,1-3H3/t11-,12-,14+,15-/m1/s1. The van der Waals surface area contributed by atoms with Crippen LogP contribution in [0.5, 0.6) is 0 Å². The molecule has 4 aliphatic carbocycles. The third-order valence-corrected chi connectivity index (χ3v) is 6.08. The van der Waals surface area contributed by atoms with E-state index in [1.165, 1.54) is 18.4 Å². The van der Waals surface area contributed by atoms with Gasteiger partial charge < -0.3 is 0 Å². The van der Waals surface area contributed by atoms with Gasteiger partial charge in [0.05, 0.1) is 5.41 Å². The molecule has 4 aliphatic rings. The van der Waals surface area contributed by atoms with Crippen molar-refractivity contribution >= 4 is 5.78 Å². The van der Waals surface area contributed by atoms with E-state index in [2.05, 4.69) is 26.8 Å². The van der Waals surface area contributed by atoms with Crippen LogP contribution in [0.2, 0.25) is 0 Å². The first-order chi connectivity index (χ1) is 7.49. The van der Waals surface area contributed by atoms with Crippen LogP contribution in [0.3, 0.4) is 0 Å². The number of hydrogen-bond donors (Lipinski definition) is 0. The summed E-state index contributed by atoms with van der Waals surface area (Å²) in [5, 5.41) is 0. The molecule has 0 unspecified atom stereocenters. The normalized spacial score (nSPS) is 51.2. The molecule has 0 aliphatic heterocycles. The second-order valence-corrected chi connectivity index (χ2v) is 6.58. The van der Waals surface area contributed by atoms with Crippen LogP contribution < -0.4 is 0 Å². The minimum atomic E-state index is -0.0799. The molecular formula is C15H22O. The van der Waals surface area contributed by atoms with Gasteiger partial charge in [-0.05, 0) is 49.9 Å². The molecule has 0 amide bonds. The Bertz CT molecular complexity index is 381. The highest BCUT2D eigenvalue weighted by Gasteiger charge is 2.61. The van der Waals surface area contributed by atoms with Crippen molar-refractivity contribution in [3.8, 4) is 0 Å². The summed E-state index contributed by atoms with van der Waals surface area (Å²) in [7, 11) is 0. The fourth-order valence-corrected chi connectivity index (χ4v) is 4.68. The molecule has 0 heterocycles. The molecule has 2 saturated carbocycles. The van der Waals surface area contributed by atoms with Gasteiger partial charge in [0, 0.05) is 6.42 Å². The lowest BCUT2D eigenvalue weighted by atomic mass is 9.42. The fourth-order valence-electron chi connectivity index (χ4n) is 4.68. The van der Waals surface area contributed by atoms with Crippen molar-refractivity contribution in [1.29, 1.82) is 0 Å². The third-order valence-electron chi connectivity index (χ3n) is 6.08. The van der Waals surface area contributed by atoms with E-state index in [9.17, 15) is 4.79 Å². The number of rotatable bonds is 0. The molecule has 1 spiro atoms. The van der Waals surface area contributed by atoms with Crippen LogP contribution >= 0.6 is 0 Å². The first-order valence-corrected chi connectivity index (χ1v) is 6.72. The Morgan fingerprint density at radius 2 is 2.12 bits per heavy atom. The second kappa shape index (κ2) is 3.00. The van der Waals surface area contributed by atoms with Crippen molar-refractivity contribution in [1.82, 2.24) is 0 Å². The van der Waals surface area contributed by atoms with Crippen LogP contribution in [0.25, 0.3) is 0 Å². The first-order valence-electron chi connectivity index (χ1n) is 6.72. The molecule has 4 atom stereocenters. The lowest BCUT2D eigenvalue weighted by Gasteiger charge is -2.61. The number of carbonyl (C=O) groups is 1. The summed E-state index contributed by atoms with van der Waals surface area (Å²) in [4.78, 5) is 12.5. The van der Waals surface area contributed by atoms with E-state index >= 15 is 0 Å². The van der Waals surface area contributed by atoms with Crippen molar-refractivity contribution in [2.75, 3.05) is 0 Å². The van der Waals surface area contributed by atoms with Gasteiger partial charge >= 0.3 is 0 Å². The van der Waals surface area contributed by atoms with E-state index in [4.69, 9.17) is 0 Å². The highest BCUT2D eigenvalue weighted by Crippen LogP contribution is 2.65. The molecule has 1 nitrogen and oxygen atoms in total. The average molecular weight is 218 g/mol. The van der Waals surface area contributed by atoms with Gasteiger partial charge in [-0.25, -0.2) is 0 Å². The van der Waals surface area contributed by atoms with Crippen molar-refractivity contribution in [2.24, 2.45) is 22.7 Å². The van der Waals surface area contributed by atoms with Gasteiger partial charge in [-0.3, -0.25) is 4.79 Å². The van der Waals surface area contributed by atoms with E-state index in [1.807, 2.05) is 0 Å². The molecule has 2 fully saturated rings. The molecule has 88 valence electrons. The van der Waals surface area contributed by atoms with Crippen molar-refractivity contribution in [2.45, 2.75) is 52.9 Å². The molecule has 0 saturated heterocycles. The Kier molecular flexibility index (Phi) is 1.98. The van der Waals surface area contributed by atoms with Crippen LogP contribution in [0.1, 0.15) is 52.9 Å². The van der Waals surface area contributed by atoms with Gasteiger partial charge in [-0.1, -0.05) is 25.5 Å². The molecule has 2 bridgehead atoms. The summed E-state index contributed by atoms with van der Waals surface area (Å²) in [5.74, 6) is 2.00. The summed E-state index contributed by atoms with van der Waals surface area (Å²) in [6.45, 7) is 6.97. The molecule has 0 N–H and O–H groups in total. The molecule has 0 radical (unpaired) electrons. The maximum Gasteiger partial charge on any atom is 0.143 e. The van der Waals surface area contributed by atoms with Crippen LogP contribution in [0.15, 0.2) is 11.6 Å². The second-order valence-electron chi connectivity index (χ2n) is 6.58. The van der Waals surface area contributed by atoms with E-state index in [1.54, 1.807) is 0 Å². The van der Waals surface area contributed by atoms with Crippen LogP contribution in [-0.4, -0.2) is 5.78 Å². The zero-order valence-electron chi connectivity index (χ0n) is 10.7. The van der Waals surface area contributed by atoms with Gasteiger partial charge in [0.25, 0.3) is 0 Å². The number of ketones is 1. The van der Waals surface area contributed by atoms with Crippen LogP contribution in [-0.2, 0) is 4.79 Å². The van der Waals surface area contributed by atoms with Gasteiger partial charge in [-0.2, -0.15) is 0 Å². The van der Waals surface area contributed by atoms with E-state index in [0.29, 0.717) is 11.7 Å². The topological polar surface area (TPSA) is 17.1 Å². The number of fused-ring (bicyclic) bond motifs is 1. The van der Waals surface area contributed by atoms with E-state index in [0.717, 1.165) is 25.2 Å². The number of Topliss-reactive ketones (excluding diaryl/α,β-unsaturated/α-hetero) is 1. The summed E-state index contributed by atoms with van der Waals surface area (Å²) in [6.07, 6.45) is 7.90. The molecule has 16 heavy (non-hydrogen) atoms. The summed E-state index contributed by atoms with van der Waals surface area (Å²) in [6, 6.07) is 0. The minimum absolute atomic E-state index is 0.0799. The number of allylic oxidation sites excluding steroid dienone is 2. The lowest BCUT2D eigenvalue weighted by Crippen LogP contribution is -2.57. The van der Waals surface area contributed by atoms with Gasteiger partial charge in [0.15, 0.2) is 0 Å². The molecule has 0 aromatic carbocycles. The Morgan fingerprint density at radius 3 is 2.81 bits per heavy atom. The summed E-state index contributed by atoms with van der Waals surface area (Å²) < 4.78 is 0. The minimum Gasteiger partial charge on any atom is -0.299 e. The van der Waals surface area contributed by atoms with Crippen molar-refractivity contribution < 1.29 is 4.79 Å². The zero-order chi connectivity index (χ0) is 11.6. The SMILES string of the molecule is CC1=C[C@@]23CC[C@@H]1C[C@@]2(C)[C@H](C)CCC3=O. The van der Waals surface area contributed by atoms with Crippen molar-refractivity contribution in [3.63, 3.8) is 0 Å². The van der Waals surface area contributed by atoms with E-state index < -0.39 is 0 Å². The smallest absolute Gasteiger partial charge is 0.143 e. The highest BCUT2D eigenvalue weighted by atomic mass is 16.1. The highest BCUT2D eigenvalue weighted by molar-refractivity contribution is 5.89. The van der Waals surface area contributed by atoms with Crippen LogP contribution in [0, 0.1) is 22.7 Å². The van der Waals surface area contributed by atoms with Gasteiger partial charge in [0.2, 0.25) is 0 Å². The van der Waals surface area contributed by atoms with Gasteiger partial charge in [0.1, 0.15) is 5.78 Å². The van der Waals surface area contributed by atoms with E-state index in [-0.39, 0.29) is 10.8 Å². The maximum atomic E-state index is 12.5. The number of carbonyl (C=O) groups excluding carboxylic acids is 1. The Balaban J connectivity index is 2.17. The lowest BCUT2D eigenvalue weighted by molar-refractivity contribution is -0.150. The monoisotopic (exact) mass is 218 g/mol. The summed E-state index contributed by atoms with van der Waals surface area (Å²) >= 11 is 0. The van der Waals surface area contributed by atoms with Crippen LogP contribution in [0.4, 0.5) is 0 Å². The fraction of sp³-hybridized carbons (Fsp3) is 0.800. The molecule has 4 rings (SSSR count). The maximum absolute atomic E-state index is 12.5. The van der Waals surface area contributed by atoms with Gasteiger partial charge in [-0.15, -0.1) is 0 Å². The molecule has 0 aromatic rings. The molecule has 0 aromatic heterocycles. The predicted octanol–water partition coefficient (Wildman–Crippen LogP) is 3.74. The quantitative estimate of drug-likeness (QED) is 0.566.